The third-order valence-corrected chi connectivity index (χ3v) is 3.91. The fourth-order valence-electron chi connectivity index (χ4n) is 2.61. The van der Waals surface area contributed by atoms with E-state index in [1.165, 1.54) is 5.69 Å². The van der Waals surface area contributed by atoms with Crippen LogP contribution in [0.5, 0.6) is 5.75 Å². The number of aliphatic hydroxyl groups is 1. The van der Waals surface area contributed by atoms with Crippen LogP contribution in [-0.4, -0.2) is 69.5 Å². The van der Waals surface area contributed by atoms with Gasteiger partial charge in [-0.1, -0.05) is 12.1 Å². The lowest BCUT2D eigenvalue weighted by atomic mass is 10.2. The molecule has 1 aromatic carbocycles. The lowest BCUT2D eigenvalue weighted by molar-refractivity contribution is 0.180. The Kier molecular flexibility index (Phi) is 5.64. The highest BCUT2D eigenvalue weighted by Crippen LogP contribution is 2.28. The molecule has 0 radical (unpaired) electrons. The van der Waals surface area contributed by atoms with Crippen LogP contribution in [-0.2, 0) is 0 Å². The van der Waals surface area contributed by atoms with Crippen molar-refractivity contribution < 1.29 is 9.84 Å². The number of hydrogen-bond acceptors (Lipinski definition) is 5. The largest absolute Gasteiger partial charge is 0.495 e. The zero-order valence-corrected chi connectivity index (χ0v) is 12.4. The van der Waals surface area contributed by atoms with Crippen LogP contribution in [0, 0.1) is 0 Å². The summed E-state index contributed by atoms with van der Waals surface area (Å²) in [5.41, 5.74) is 1.17. The van der Waals surface area contributed by atoms with Crippen molar-refractivity contribution in [2.75, 3.05) is 58.4 Å². The van der Waals surface area contributed by atoms with E-state index in [1.54, 1.807) is 7.11 Å². The topological polar surface area (TPSA) is 48.0 Å². The second-order valence-electron chi connectivity index (χ2n) is 5.13. The average Bonchev–Trinajstić information content (AvgIpc) is 2.53. The predicted molar refractivity (Wildman–Crippen MR) is 81.6 cm³/mol. The van der Waals surface area contributed by atoms with Gasteiger partial charge >= 0.3 is 0 Å². The number of para-hydroxylation sites is 2. The molecule has 1 saturated heterocycles. The molecule has 0 aromatic heterocycles. The van der Waals surface area contributed by atoms with Crippen molar-refractivity contribution in [3.05, 3.63) is 24.3 Å². The summed E-state index contributed by atoms with van der Waals surface area (Å²) in [5.74, 6) is 0.935. The van der Waals surface area contributed by atoms with Crippen LogP contribution in [0.1, 0.15) is 0 Å². The number of ether oxygens (including phenoxy) is 1. The van der Waals surface area contributed by atoms with Gasteiger partial charge in [-0.2, -0.15) is 0 Å². The molecular weight excluding hydrogens is 254 g/mol. The van der Waals surface area contributed by atoms with Crippen molar-refractivity contribution in [1.29, 1.82) is 0 Å². The van der Waals surface area contributed by atoms with Gasteiger partial charge in [0.1, 0.15) is 5.75 Å². The number of rotatable bonds is 6. The summed E-state index contributed by atoms with van der Waals surface area (Å²) in [6, 6.07) is 8.32. The van der Waals surface area contributed by atoms with Gasteiger partial charge < -0.3 is 20.1 Å². The summed E-state index contributed by atoms with van der Waals surface area (Å²) < 4.78 is 5.43. The summed E-state index contributed by atoms with van der Waals surface area (Å²) in [5, 5.41) is 12.4. The standard InChI is InChI=1S/C15H25N3O2/c1-16-13(12-19)11-17-7-9-18(10-8-17)14-5-3-4-6-15(14)20-2/h3-6,13,16,19H,7-12H2,1-2H3. The Morgan fingerprint density at radius 2 is 1.95 bits per heavy atom. The molecule has 2 rings (SSSR count). The normalized spacial score (nSPS) is 18.1. The Hall–Kier alpha value is -1.30. The van der Waals surface area contributed by atoms with E-state index < -0.39 is 0 Å². The third-order valence-electron chi connectivity index (χ3n) is 3.91. The van der Waals surface area contributed by atoms with Gasteiger partial charge in [-0.25, -0.2) is 0 Å². The van der Waals surface area contributed by atoms with Gasteiger partial charge in [0.25, 0.3) is 0 Å². The van der Waals surface area contributed by atoms with Gasteiger partial charge in [-0.3, -0.25) is 4.90 Å². The highest BCUT2D eigenvalue weighted by atomic mass is 16.5. The molecule has 1 fully saturated rings. The summed E-state index contributed by atoms with van der Waals surface area (Å²) >= 11 is 0. The molecule has 1 unspecified atom stereocenters. The van der Waals surface area contributed by atoms with E-state index in [1.807, 2.05) is 25.2 Å². The van der Waals surface area contributed by atoms with Crippen LogP contribution in [0.15, 0.2) is 24.3 Å². The summed E-state index contributed by atoms with van der Waals surface area (Å²) in [4.78, 5) is 4.76. The van der Waals surface area contributed by atoms with Crippen molar-refractivity contribution in [2.24, 2.45) is 0 Å². The lowest BCUT2D eigenvalue weighted by Gasteiger charge is -2.37. The molecule has 0 spiro atoms. The van der Waals surface area contributed by atoms with Crippen LogP contribution in [0.25, 0.3) is 0 Å². The molecule has 0 saturated carbocycles. The van der Waals surface area contributed by atoms with E-state index in [9.17, 15) is 5.11 Å². The SMILES string of the molecule is CNC(CO)CN1CCN(c2ccccc2OC)CC1. The number of piperazine rings is 1. The minimum absolute atomic E-state index is 0.160. The fourth-order valence-corrected chi connectivity index (χ4v) is 2.61. The number of anilines is 1. The molecule has 2 N–H and O–H groups in total. The number of benzene rings is 1. The molecule has 1 aliphatic rings. The van der Waals surface area contributed by atoms with Crippen LogP contribution in [0.4, 0.5) is 5.69 Å². The zero-order chi connectivity index (χ0) is 14.4. The molecule has 112 valence electrons. The molecule has 1 aromatic rings. The van der Waals surface area contributed by atoms with Crippen molar-refractivity contribution in [3.8, 4) is 5.75 Å². The highest BCUT2D eigenvalue weighted by molar-refractivity contribution is 5.58. The Balaban J connectivity index is 1.91. The van der Waals surface area contributed by atoms with E-state index in [2.05, 4.69) is 21.2 Å². The molecule has 1 aliphatic heterocycles. The first-order valence-corrected chi connectivity index (χ1v) is 7.17. The molecule has 0 amide bonds. The van der Waals surface area contributed by atoms with Crippen LogP contribution in [0.3, 0.4) is 0 Å². The quantitative estimate of drug-likeness (QED) is 0.789. The van der Waals surface area contributed by atoms with E-state index >= 15 is 0 Å². The van der Waals surface area contributed by atoms with Crippen molar-refractivity contribution in [2.45, 2.75) is 6.04 Å². The summed E-state index contributed by atoms with van der Waals surface area (Å²) in [6.07, 6.45) is 0. The first kappa shape index (κ1) is 15.1. The molecule has 1 heterocycles. The average molecular weight is 279 g/mol. The van der Waals surface area contributed by atoms with Gasteiger partial charge in [-0.05, 0) is 19.2 Å². The van der Waals surface area contributed by atoms with Crippen LogP contribution >= 0.6 is 0 Å². The second-order valence-corrected chi connectivity index (χ2v) is 5.13. The maximum atomic E-state index is 9.24. The first-order valence-electron chi connectivity index (χ1n) is 7.17. The Morgan fingerprint density at radius 1 is 1.25 bits per heavy atom. The molecule has 1 atom stereocenters. The van der Waals surface area contributed by atoms with E-state index in [0.717, 1.165) is 38.5 Å². The number of nitrogens with zero attached hydrogens (tertiary/aromatic N) is 2. The molecule has 20 heavy (non-hydrogen) atoms. The van der Waals surface area contributed by atoms with Gasteiger partial charge in [0.05, 0.1) is 19.4 Å². The maximum absolute atomic E-state index is 9.24. The van der Waals surface area contributed by atoms with Gasteiger partial charge in [0.15, 0.2) is 0 Å². The summed E-state index contributed by atoms with van der Waals surface area (Å²) in [6.45, 7) is 5.08. The van der Waals surface area contributed by atoms with E-state index in [0.29, 0.717) is 0 Å². The fraction of sp³-hybridized carbons (Fsp3) is 0.600. The van der Waals surface area contributed by atoms with Crippen molar-refractivity contribution >= 4 is 5.69 Å². The van der Waals surface area contributed by atoms with Gasteiger partial charge in [-0.15, -0.1) is 0 Å². The summed E-state index contributed by atoms with van der Waals surface area (Å²) in [7, 11) is 3.61. The third kappa shape index (κ3) is 3.62. The molecule has 5 nitrogen and oxygen atoms in total. The minimum atomic E-state index is 0.160. The van der Waals surface area contributed by atoms with Crippen LogP contribution < -0.4 is 15.0 Å². The Morgan fingerprint density at radius 3 is 2.55 bits per heavy atom. The lowest BCUT2D eigenvalue weighted by Crippen LogP contribution is -2.51. The Bertz CT molecular complexity index is 402. The van der Waals surface area contributed by atoms with E-state index in [-0.39, 0.29) is 12.6 Å². The minimum Gasteiger partial charge on any atom is -0.495 e. The highest BCUT2D eigenvalue weighted by Gasteiger charge is 2.21. The Labute approximate surface area is 121 Å². The molecule has 5 heteroatoms. The number of nitrogens with one attached hydrogen (secondary N) is 1. The second kappa shape index (κ2) is 7.47. The number of hydrogen-bond donors (Lipinski definition) is 2. The number of aliphatic hydroxyl groups excluding tert-OH is 1. The van der Waals surface area contributed by atoms with Crippen LogP contribution in [0.2, 0.25) is 0 Å². The predicted octanol–water partition coefficient (Wildman–Crippen LogP) is 0.398. The first-order chi connectivity index (χ1) is 9.78. The monoisotopic (exact) mass is 279 g/mol. The molecular formula is C15H25N3O2. The zero-order valence-electron chi connectivity index (χ0n) is 12.4. The molecule has 0 aliphatic carbocycles. The smallest absolute Gasteiger partial charge is 0.142 e. The van der Waals surface area contributed by atoms with Gasteiger partial charge in [0, 0.05) is 38.8 Å². The number of likely N-dealkylation sites (N-methyl/N-ethyl adjacent to an activating group) is 1. The van der Waals surface area contributed by atoms with E-state index in [4.69, 9.17) is 4.74 Å². The van der Waals surface area contributed by atoms with Gasteiger partial charge in [0.2, 0.25) is 0 Å². The van der Waals surface area contributed by atoms with Crippen molar-refractivity contribution in [1.82, 2.24) is 10.2 Å². The van der Waals surface area contributed by atoms with Crippen molar-refractivity contribution in [3.63, 3.8) is 0 Å². The molecule has 0 bridgehead atoms. The maximum Gasteiger partial charge on any atom is 0.142 e. The number of methoxy groups -OCH3 is 1.